The molecule has 0 radical (unpaired) electrons. The quantitative estimate of drug-likeness (QED) is 0.230. The molecule has 0 bridgehead atoms. The van der Waals surface area contributed by atoms with Crippen molar-refractivity contribution in [2.45, 2.75) is 38.5 Å². The van der Waals surface area contributed by atoms with E-state index in [1.807, 2.05) is 17.8 Å². The lowest BCUT2D eigenvalue weighted by atomic mass is 9.75. The van der Waals surface area contributed by atoms with Crippen LogP contribution in [0.3, 0.4) is 0 Å². The second kappa shape index (κ2) is 10.4. The Kier molecular flexibility index (Phi) is 6.90. The summed E-state index contributed by atoms with van der Waals surface area (Å²) in [7, 11) is 3.85. The topological polar surface area (TPSA) is 16.4 Å². The van der Waals surface area contributed by atoms with Crippen LogP contribution in [-0.4, -0.2) is 13.7 Å². The SMILES string of the molecule is CCN1C(=CC2=CC(=CC=Cc3sc4cc(OC)ccc4[n+]3C)CC(C)(C)C2)Sc2c1ccc1ccccc21. The number of aromatic nitrogens is 1. The van der Waals surface area contributed by atoms with Gasteiger partial charge in [0.25, 0.3) is 5.01 Å². The van der Waals surface area contributed by atoms with Gasteiger partial charge in [-0.05, 0) is 65.3 Å². The maximum absolute atomic E-state index is 5.41. The van der Waals surface area contributed by atoms with Crippen molar-refractivity contribution >= 4 is 55.9 Å². The van der Waals surface area contributed by atoms with Crippen molar-refractivity contribution in [3.8, 4) is 5.75 Å². The Labute approximate surface area is 239 Å². The van der Waals surface area contributed by atoms with Gasteiger partial charge in [0.1, 0.15) is 17.5 Å². The van der Waals surface area contributed by atoms with E-state index in [-0.39, 0.29) is 5.41 Å². The lowest BCUT2D eigenvalue weighted by Crippen LogP contribution is -2.28. The first-order valence-electron chi connectivity index (χ1n) is 13.6. The fraction of sp³-hybridized carbons (Fsp3) is 0.265. The smallest absolute Gasteiger partial charge is 0.262 e. The van der Waals surface area contributed by atoms with Crippen LogP contribution < -0.4 is 14.2 Å². The second-order valence-electron chi connectivity index (χ2n) is 11.1. The second-order valence-corrected chi connectivity index (χ2v) is 13.2. The van der Waals surface area contributed by atoms with Crippen LogP contribution in [-0.2, 0) is 7.05 Å². The summed E-state index contributed by atoms with van der Waals surface area (Å²) in [6.45, 7) is 7.98. The average molecular weight is 552 g/mol. The first kappa shape index (κ1) is 26.0. The molecule has 0 saturated heterocycles. The predicted octanol–water partition coefficient (Wildman–Crippen LogP) is 9.05. The third-order valence-corrected chi connectivity index (χ3v) is 9.95. The fourth-order valence-corrected chi connectivity index (χ4v) is 8.24. The van der Waals surface area contributed by atoms with Gasteiger partial charge in [-0.2, -0.15) is 4.57 Å². The molecule has 0 amide bonds. The first-order chi connectivity index (χ1) is 18.8. The molecule has 3 nitrogen and oxygen atoms in total. The standard InChI is InChI=1S/C34H35N2OS2/c1-6-36-29-16-14-25-11-7-8-12-27(25)33(29)39-32(36)19-24-18-23(21-34(2,3)22-24)10-9-13-31-35(4)28-17-15-26(37-5)20-30(28)38-31/h7-20H,6,21-22H2,1-5H3/q+1. The largest absolute Gasteiger partial charge is 0.497 e. The number of anilines is 1. The van der Waals surface area contributed by atoms with E-state index in [9.17, 15) is 0 Å². The van der Waals surface area contributed by atoms with Gasteiger partial charge in [-0.3, -0.25) is 0 Å². The number of thiazole rings is 1. The number of hydrogen-bond donors (Lipinski definition) is 0. The molecule has 1 aliphatic carbocycles. The van der Waals surface area contributed by atoms with Crippen LogP contribution in [0, 0.1) is 5.41 Å². The normalized spacial score (nSPS) is 19.0. The van der Waals surface area contributed by atoms with Gasteiger partial charge >= 0.3 is 0 Å². The van der Waals surface area contributed by atoms with Crippen LogP contribution in [0.15, 0.2) is 100.0 Å². The molecule has 1 aromatic heterocycles. The zero-order valence-electron chi connectivity index (χ0n) is 23.3. The third kappa shape index (κ3) is 5.06. The molecule has 0 unspecified atom stereocenters. The van der Waals surface area contributed by atoms with Crippen LogP contribution >= 0.6 is 23.1 Å². The summed E-state index contributed by atoms with van der Waals surface area (Å²) in [5.41, 5.74) is 5.57. The van der Waals surface area contributed by atoms with E-state index in [4.69, 9.17) is 4.74 Å². The van der Waals surface area contributed by atoms with Crippen molar-refractivity contribution in [3.05, 3.63) is 100 Å². The summed E-state index contributed by atoms with van der Waals surface area (Å²) >= 11 is 3.71. The molecule has 6 rings (SSSR count). The maximum Gasteiger partial charge on any atom is 0.262 e. The van der Waals surface area contributed by atoms with Crippen molar-refractivity contribution in [1.82, 2.24) is 0 Å². The number of rotatable bonds is 5. The Morgan fingerprint density at radius 1 is 1.08 bits per heavy atom. The Morgan fingerprint density at radius 2 is 1.92 bits per heavy atom. The molecule has 0 spiro atoms. The Morgan fingerprint density at radius 3 is 2.74 bits per heavy atom. The Balaban J connectivity index is 1.30. The summed E-state index contributed by atoms with van der Waals surface area (Å²) in [6, 6.07) is 19.5. The van der Waals surface area contributed by atoms with E-state index in [2.05, 4.69) is 116 Å². The first-order valence-corrected chi connectivity index (χ1v) is 15.2. The number of allylic oxidation sites excluding steroid dienone is 6. The number of nitrogens with zero attached hydrogens (tertiary/aromatic N) is 2. The highest BCUT2D eigenvalue weighted by atomic mass is 32.2. The fourth-order valence-electron chi connectivity index (χ4n) is 5.81. The van der Waals surface area contributed by atoms with Gasteiger partial charge in [0.2, 0.25) is 5.52 Å². The number of ether oxygens (including phenoxy) is 1. The van der Waals surface area contributed by atoms with Crippen LogP contribution in [0.2, 0.25) is 0 Å². The Bertz CT molecular complexity index is 1700. The molecule has 0 N–H and O–H groups in total. The number of aryl methyl sites for hydroxylation is 1. The average Bonchev–Trinajstić information content (AvgIpc) is 3.43. The third-order valence-electron chi connectivity index (χ3n) is 7.61. The highest BCUT2D eigenvalue weighted by Crippen LogP contribution is 2.50. The highest BCUT2D eigenvalue weighted by molar-refractivity contribution is 8.04. The summed E-state index contributed by atoms with van der Waals surface area (Å²) < 4.78 is 8.90. The predicted molar refractivity (Wildman–Crippen MR) is 169 cm³/mol. The molecule has 1 aliphatic heterocycles. The molecule has 4 aromatic rings. The van der Waals surface area contributed by atoms with Crippen LogP contribution in [0.25, 0.3) is 27.1 Å². The lowest BCUT2D eigenvalue weighted by Gasteiger charge is -2.31. The van der Waals surface area contributed by atoms with Gasteiger partial charge in [-0.15, -0.1) is 0 Å². The van der Waals surface area contributed by atoms with Crippen molar-refractivity contribution in [2.75, 3.05) is 18.6 Å². The van der Waals surface area contributed by atoms with E-state index in [0.29, 0.717) is 0 Å². The number of hydrogen-bond acceptors (Lipinski definition) is 4. The molecular formula is C34H35N2OS2+. The molecule has 3 aromatic carbocycles. The summed E-state index contributed by atoms with van der Waals surface area (Å²) in [6.07, 6.45) is 13.7. The van der Waals surface area contributed by atoms with Gasteiger partial charge in [-0.1, -0.05) is 85.5 Å². The molecule has 2 heterocycles. The van der Waals surface area contributed by atoms with Gasteiger partial charge < -0.3 is 9.64 Å². The van der Waals surface area contributed by atoms with Gasteiger partial charge in [0.15, 0.2) is 0 Å². The number of benzene rings is 3. The van der Waals surface area contributed by atoms with Crippen molar-refractivity contribution < 1.29 is 9.30 Å². The molecule has 39 heavy (non-hydrogen) atoms. The van der Waals surface area contributed by atoms with Crippen LogP contribution in [0.1, 0.15) is 38.6 Å². The number of methoxy groups -OCH3 is 1. The zero-order valence-corrected chi connectivity index (χ0v) is 25.0. The van der Waals surface area contributed by atoms with Crippen LogP contribution in [0.5, 0.6) is 5.75 Å². The van der Waals surface area contributed by atoms with Crippen LogP contribution in [0.4, 0.5) is 5.69 Å². The molecule has 0 saturated carbocycles. The minimum absolute atomic E-state index is 0.222. The Hall–Kier alpha value is -3.28. The summed E-state index contributed by atoms with van der Waals surface area (Å²) in [5, 5.41) is 5.21. The summed E-state index contributed by atoms with van der Waals surface area (Å²) in [5.74, 6) is 0.900. The van der Waals surface area contributed by atoms with Gasteiger partial charge in [0.05, 0.1) is 17.8 Å². The monoisotopic (exact) mass is 551 g/mol. The van der Waals surface area contributed by atoms with E-state index in [1.165, 1.54) is 52.8 Å². The lowest BCUT2D eigenvalue weighted by molar-refractivity contribution is -0.642. The zero-order chi connectivity index (χ0) is 27.1. The molecule has 0 fully saturated rings. The van der Waals surface area contributed by atoms with E-state index in [0.717, 1.165) is 25.1 Å². The number of fused-ring (bicyclic) bond motifs is 4. The molecule has 0 atom stereocenters. The minimum atomic E-state index is 0.222. The van der Waals surface area contributed by atoms with E-state index in [1.54, 1.807) is 18.4 Å². The molecule has 2 aliphatic rings. The van der Waals surface area contributed by atoms with E-state index >= 15 is 0 Å². The van der Waals surface area contributed by atoms with Crippen molar-refractivity contribution in [2.24, 2.45) is 12.5 Å². The maximum atomic E-state index is 5.41. The minimum Gasteiger partial charge on any atom is -0.497 e. The molecule has 198 valence electrons. The van der Waals surface area contributed by atoms with E-state index < -0.39 is 0 Å². The van der Waals surface area contributed by atoms with Crippen molar-refractivity contribution in [1.29, 1.82) is 0 Å². The summed E-state index contributed by atoms with van der Waals surface area (Å²) in [4.78, 5) is 3.85. The van der Waals surface area contributed by atoms with Gasteiger partial charge in [0, 0.05) is 29.6 Å². The van der Waals surface area contributed by atoms with Gasteiger partial charge in [-0.25, -0.2) is 0 Å². The molecular weight excluding hydrogens is 517 g/mol. The highest BCUT2D eigenvalue weighted by Gasteiger charge is 2.29. The van der Waals surface area contributed by atoms with Crippen molar-refractivity contribution in [3.63, 3.8) is 0 Å². The molecule has 5 heteroatoms. The number of thioether (sulfide) groups is 1.